The van der Waals surface area contributed by atoms with E-state index in [1.54, 1.807) is 5.51 Å². The van der Waals surface area contributed by atoms with Gasteiger partial charge in [0.05, 0.1) is 17.7 Å². The molecular formula is C6H8N2O2S. The third-order valence-electron chi connectivity index (χ3n) is 1.07. The molecule has 0 aliphatic carbocycles. The van der Waals surface area contributed by atoms with Gasteiger partial charge >= 0.3 is 5.97 Å². The zero-order valence-electron chi connectivity index (χ0n) is 5.78. The number of nitrogens with zero attached hydrogens (tertiary/aromatic N) is 1. The van der Waals surface area contributed by atoms with Crippen LogP contribution in [0.2, 0.25) is 0 Å². The average Bonchev–Trinajstić information content (AvgIpc) is 2.39. The SMILES string of the molecule is O=C(O)CNCc1cscn1. The summed E-state index contributed by atoms with van der Waals surface area (Å²) < 4.78 is 0. The summed E-state index contributed by atoms with van der Waals surface area (Å²) >= 11 is 1.50. The molecule has 5 heteroatoms. The topological polar surface area (TPSA) is 62.2 Å². The second kappa shape index (κ2) is 4.05. The largest absolute Gasteiger partial charge is 0.480 e. The highest BCUT2D eigenvalue weighted by Crippen LogP contribution is 1.98. The van der Waals surface area contributed by atoms with Gasteiger partial charge in [0.15, 0.2) is 0 Å². The van der Waals surface area contributed by atoms with Gasteiger partial charge in [-0.3, -0.25) is 4.79 Å². The zero-order chi connectivity index (χ0) is 8.10. The van der Waals surface area contributed by atoms with E-state index in [0.717, 1.165) is 5.69 Å². The van der Waals surface area contributed by atoms with Crippen LogP contribution in [0.25, 0.3) is 0 Å². The maximum Gasteiger partial charge on any atom is 0.317 e. The molecule has 60 valence electrons. The Morgan fingerprint density at radius 3 is 3.18 bits per heavy atom. The van der Waals surface area contributed by atoms with Crippen molar-refractivity contribution >= 4 is 17.3 Å². The highest BCUT2D eigenvalue weighted by molar-refractivity contribution is 7.07. The van der Waals surface area contributed by atoms with E-state index in [0.29, 0.717) is 6.54 Å². The van der Waals surface area contributed by atoms with Crippen LogP contribution >= 0.6 is 11.3 Å². The van der Waals surface area contributed by atoms with Crippen LogP contribution in [0.15, 0.2) is 10.9 Å². The molecule has 1 aromatic heterocycles. The Labute approximate surface area is 67.9 Å². The molecule has 0 amide bonds. The monoisotopic (exact) mass is 172 g/mol. The van der Waals surface area contributed by atoms with Gasteiger partial charge in [-0.2, -0.15) is 0 Å². The first-order chi connectivity index (χ1) is 5.29. The molecule has 0 unspecified atom stereocenters. The Balaban J connectivity index is 2.19. The first kappa shape index (κ1) is 8.16. The van der Waals surface area contributed by atoms with Crippen molar-refractivity contribution in [2.24, 2.45) is 0 Å². The van der Waals surface area contributed by atoms with Gasteiger partial charge in [0.2, 0.25) is 0 Å². The van der Waals surface area contributed by atoms with Crippen LogP contribution in [0.5, 0.6) is 0 Å². The van der Waals surface area contributed by atoms with E-state index in [4.69, 9.17) is 5.11 Å². The Morgan fingerprint density at radius 1 is 1.82 bits per heavy atom. The molecule has 0 radical (unpaired) electrons. The fourth-order valence-corrected chi connectivity index (χ4v) is 1.18. The Hall–Kier alpha value is -0.940. The summed E-state index contributed by atoms with van der Waals surface area (Å²) in [5, 5.41) is 12.9. The minimum Gasteiger partial charge on any atom is -0.480 e. The van der Waals surface area contributed by atoms with Gasteiger partial charge in [-0.25, -0.2) is 4.98 Å². The van der Waals surface area contributed by atoms with Crippen LogP contribution in [-0.2, 0) is 11.3 Å². The van der Waals surface area contributed by atoms with Gasteiger partial charge in [0, 0.05) is 11.9 Å². The quantitative estimate of drug-likeness (QED) is 0.686. The Kier molecular flexibility index (Phi) is 3.00. The molecular weight excluding hydrogens is 164 g/mol. The highest BCUT2D eigenvalue weighted by atomic mass is 32.1. The summed E-state index contributed by atoms with van der Waals surface area (Å²) in [6.07, 6.45) is 0. The van der Waals surface area contributed by atoms with Crippen LogP contribution in [0, 0.1) is 0 Å². The smallest absolute Gasteiger partial charge is 0.317 e. The number of carboxylic acids is 1. The first-order valence-corrected chi connectivity index (χ1v) is 4.03. The summed E-state index contributed by atoms with van der Waals surface area (Å²) in [4.78, 5) is 14.0. The molecule has 11 heavy (non-hydrogen) atoms. The first-order valence-electron chi connectivity index (χ1n) is 3.08. The van der Waals surface area contributed by atoms with Crippen LogP contribution in [0.4, 0.5) is 0 Å². The third kappa shape index (κ3) is 3.10. The molecule has 0 aliphatic rings. The van der Waals surface area contributed by atoms with E-state index in [1.165, 1.54) is 11.3 Å². The van der Waals surface area contributed by atoms with E-state index < -0.39 is 5.97 Å². The molecule has 0 bridgehead atoms. The predicted octanol–water partition coefficient (Wildman–Crippen LogP) is 0.317. The molecule has 4 nitrogen and oxygen atoms in total. The molecule has 0 aliphatic heterocycles. The maximum absolute atomic E-state index is 10.0. The van der Waals surface area contributed by atoms with Gasteiger partial charge in [-0.1, -0.05) is 0 Å². The lowest BCUT2D eigenvalue weighted by Crippen LogP contribution is -2.21. The van der Waals surface area contributed by atoms with Gasteiger partial charge in [0.25, 0.3) is 0 Å². The third-order valence-corrected chi connectivity index (χ3v) is 1.70. The van der Waals surface area contributed by atoms with E-state index in [1.807, 2.05) is 5.38 Å². The maximum atomic E-state index is 10.0. The van der Waals surface area contributed by atoms with E-state index in [2.05, 4.69) is 10.3 Å². The lowest BCUT2D eigenvalue weighted by Gasteiger charge is -1.95. The minimum absolute atomic E-state index is 0.0163. The van der Waals surface area contributed by atoms with Crippen molar-refractivity contribution in [3.05, 3.63) is 16.6 Å². The van der Waals surface area contributed by atoms with Gasteiger partial charge in [0.1, 0.15) is 0 Å². The predicted molar refractivity (Wildman–Crippen MR) is 41.5 cm³/mol. The summed E-state index contributed by atoms with van der Waals surface area (Å²) in [6, 6.07) is 0. The van der Waals surface area contributed by atoms with Crippen LogP contribution in [-0.4, -0.2) is 22.6 Å². The standard InChI is InChI=1S/C6H8N2O2S/c9-6(10)2-7-1-5-3-11-4-8-5/h3-4,7H,1-2H2,(H,9,10). The van der Waals surface area contributed by atoms with Gasteiger partial charge in [-0.05, 0) is 0 Å². The number of thiazole rings is 1. The number of aromatic nitrogens is 1. The van der Waals surface area contributed by atoms with E-state index >= 15 is 0 Å². The zero-order valence-corrected chi connectivity index (χ0v) is 6.60. The number of carbonyl (C=O) groups is 1. The molecule has 0 atom stereocenters. The molecule has 0 fully saturated rings. The normalized spacial score (nSPS) is 9.82. The Morgan fingerprint density at radius 2 is 2.64 bits per heavy atom. The fraction of sp³-hybridized carbons (Fsp3) is 0.333. The summed E-state index contributed by atoms with van der Waals surface area (Å²) in [5.41, 5.74) is 2.61. The van der Waals surface area contributed by atoms with Crippen molar-refractivity contribution in [2.45, 2.75) is 6.54 Å². The number of rotatable bonds is 4. The number of aliphatic carboxylic acids is 1. The number of nitrogens with one attached hydrogen (secondary N) is 1. The summed E-state index contributed by atoms with van der Waals surface area (Å²) in [7, 11) is 0. The van der Waals surface area contributed by atoms with E-state index in [-0.39, 0.29) is 6.54 Å². The molecule has 0 saturated carbocycles. The van der Waals surface area contributed by atoms with Crippen molar-refractivity contribution < 1.29 is 9.90 Å². The van der Waals surface area contributed by atoms with Crippen LogP contribution in [0.3, 0.4) is 0 Å². The van der Waals surface area contributed by atoms with Crippen molar-refractivity contribution in [3.63, 3.8) is 0 Å². The Bertz CT molecular complexity index is 222. The lowest BCUT2D eigenvalue weighted by atomic mass is 10.5. The van der Waals surface area contributed by atoms with E-state index in [9.17, 15) is 4.79 Å². The molecule has 2 N–H and O–H groups in total. The number of hydrogen-bond acceptors (Lipinski definition) is 4. The van der Waals surface area contributed by atoms with Crippen molar-refractivity contribution in [1.29, 1.82) is 0 Å². The summed E-state index contributed by atoms with van der Waals surface area (Å²) in [6.45, 7) is 0.507. The number of hydrogen-bond donors (Lipinski definition) is 2. The highest BCUT2D eigenvalue weighted by Gasteiger charge is 1.96. The fourth-order valence-electron chi connectivity index (χ4n) is 0.622. The summed E-state index contributed by atoms with van der Waals surface area (Å²) in [5.74, 6) is -0.847. The molecule has 0 spiro atoms. The molecule has 1 aromatic rings. The second-order valence-electron chi connectivity index (χ2n) is 1.98. The van der Waals surface area contributed by atoms with Crippen molar-refractivity contribution in [3.8, 4) is 0 Å². The molecule has 1 rings (SSSR count). The number of carboxylic acid groups (broad SMARTS) is 1. The minimum atomic E-state index is -0.847. The molecule has 0 saturated heterocycles. The molecule has 0 aromatic carbocycles. The van der Waals surface area contributed by atoms with Crippen molar-refractivity contribution in [1.82, 2.24) is 10.3 Å². The van der Waals surface area contributed by atoms with Crippen LogP contribution in [0.1, 0.15) is 5.69 Å². The second-order valence-corrected chi connectivity index (χ2v) is 2.70. The van der Waals surface area contributed by atoms with Crippen molar-refractivity contribution in [2.75, 3.05) is 6.54 Å². The lowest BCUT2D eigenvalue weighted by molar-refractivity contribution is -0.135. The average molecular weight is 172 g/mol. The van der Waals surface area contributed by atoms with Gasteiger partial charge in [-0.15, -0.1) is 11.3 Å². The van der Waals surface area contributed by atoms with Crippen LogP contribution < -0.4 is 5.32 Å². The molecule has 1 heterocycles. The van der Waals surface area contributed by atoms with Gasteiger partial charge < -0.3 is 10.4 Å².